The minimum atomic E-state index is 0.816. The molecule has 2 aliphatic rings. The van der Waals surface area contributed by atoms with E-state index >= 15 is 0 Å². The highest BCUT2D eigenvalue weighted by Gasteiger charge is 2.25. The molecule has 1 saturated heterocycles. The second-order valence-electron chi connectivity index (χ2n) is 7.13. The van der Waals surface area contributed by atoms with Crippen LogP contribution in [0, 0.1) is 0 Å². The van der Waals surface area contributed by atoms with Gasteiger partial charge in [0.25, 0.3) is 0 Å². The molecule has 4 nitrogen and oxygen atoms in total. The first-order valence-electron chi connectivity index (χ1n) is 9.25. The lowest BCUT2D eigenvalue weighted by molar-refractivity contribution is 0.249. The zero-order valence-corrected chi connectivity index (χ0v) is 16.2. The van der Waals surface area contributed by atoms with Gasteiger partial charge in [-0.05, 0) is 42.5 Å². The zero-order valence-electron chi connectivity index (χ0n) is 14.6. The summed E-state index contributed by atoms with van der Waals surface area (Å²) in [6.07, 6.45) is 5.41. The second-order valence-corrected chi connectivity index (χ2v) is 8.65. The summed E-state index contributed by atoms with van der Waals surface area (Å²) < 4.78 is 0. The molecule has 0 saturated carbocycles. The molecule has 26 heavy (non-hydrogen) atoms. The Morgan fingerprint density at radius 2 is 1.96 bits per heavy atom. The van der Waals surface area contributed by atoms with E-state index in [2.05, 4.69) is 31.9 Å². The molecule has 0 atom stereocenters. The quantitative estimate of drug-likeness (QED) is 0.678. The van der Waals surface area contributed by atoms with Gasteiger partial charge in [0.15, 0.2) is 0 Å². The van der Waals surface area contributed by atoms with Gasteiger partial charge in [0.1, 0.15) is 17.0 Å². The molecule has 3 aromatic rings. The highest BCUT2D eigenvalue weighted by atomic mass is 35.5. The molecule has 0 bridgehead atoms. The maximum atomic E-state index is 6.12. The molecule has 6 heteroatoms. The maximum Gasteiger partial charge on any atom is 0.141 e. The summed E-state index contributed by atoms with van der Waals surface area (Å²) in [7, 11) is 0. The molecule has 5 rings (SSSR count). The summed E-state index contributed by atoms with van der Waals surface area (Å²) in [5.74, 6) is 1.15. The number of nitrogens with zero attached hydrogens (tertiary/aromatic N) is 4. The van der Waals surface area contributed by atoms with E-state index in [0.717, 1.165) is 43.6 Å². The van der Waals surface area contributed by atoms with Gasteiger partial charge in [-0.3, -0.25) is 4.90 Å². The summed E-state index contributed by atoms with van der Waals surface area (Å²) in [5, 5.41) is 2.14. The summed E-state index contributed by atoms with van der Waals surface area (Å²) in [6, 6.07) is 8.18. The second kappa shape index (κ2) is 6.80. The van der Waals surface area contributed by atoms with Gasteiger partial charge in [0, 0.05) is 42.6 Å². The van der Waals surface area contributed by atoms with E-state index in [1.54, 1.807) is 6.33 Å². The lowest BCUT2D eigenvalue weighted by Crippen LogP contribution is -2.46. The SMILES string of the molecule is Clc1cccc(CN2CCN(c3ncnc4sc5c(c34)CCC5)CC2)c1. The lowest BCUT2D eigenvalue weighted by atomic mass is 10.1. The van der Waals surface area contributed by atoms with Gasteiger partial charge in [-0.2, -0.15) is 0 Å². The fraction of sp³-hybridized carbons (Fsp3) is 0.400. The molecule has 0 amide bonds. The van der Waals surface area contributed by atoms with Crippen LogP contribution in [0.4, 0.5) is 5.82 Å². The molecule has 1 aliphatic heterocycles. The van der Waals surface area contributed by atoms with E-state index in [9.17, 15) is 0 Å². The van der Waals surface area contributed by atoms with Crippen LogP contribution in [0.1, 0.15) is 22.4 Å². The Hall–Kier alpha value is -1.69. The van der Waals surface area contributed by atoms with Gasteiger partial charge in [-0.25, -0.2) is 9.97 Å². The predicted molar refractivity (Wildman–Crippen MR) is 108 cm³/mol. The van der Waals surface area contributed by atoms with Crippen LogP contribution in [-0.2, 0) is 19.4 Å². The lowest BCUT2D eigenvalue weighted by Gasteiger charge is -2.35. The molecular weight excluding hydrogens is 364 g/mol. The maximum absolute atomic E-state index is 6.12. The Kier molecular flexibility index (Phi) is 4.31. The van der Waals surface area contributed by atoms with Gasteiger partial charge in [-0.1, -0.05) is 23.7 Å². The standard InChI is InChI=1S/C20H21ClN4S/c21-15-4-1-3-14(11-15)12-24-7-9-25(10-8-24)19-18-16-5-2-6-17(16)26-20(18)23-13-22-19/h1,3-4,11,13H,2,5-10,12H2. The Balaban J connectivity index is 1.34. The third kappa shape index (κ3) is 2.98. The van der Waals surface area contributed by atoms with Crippen LogP contribution < -0.4 is 4.90 Å². The predicted octanol–water partition coefficient (Wildman–Crippen LogP) is 4.16. The number of thiophene rings is 1. The van der Waals surface area contributed by atoms with Gasteiger partial charge in [0.05, 0.1) is 5.39 Å². The molecule has 0 radical (unpaired) electrons. The topological polar surface area (TPSA) is 32.3 Å². The number of fused-ring (bicyclic) bond motifs is 3. The van der Waals surface area contributed by atoms with Crippen LogP contribution >= 0.6 is 22.9 Å². The molecule has 0 unspecified atom stereocenters. The van der Waals surface area contributed by atoms with E-state index in [1.807, 2.05) is 23.5 Å². The fourth-order valence-electron chi connectivity index (χ4n) is 4.16. The van der Waals surface area contributed by atoms with Crippen LogP contribution in [0.2, 0.25) is 5.02 Å². The van der Waals surface area contributed by atoms with E-state index in [0.29, 0.717) is 0 Å². The Bertz CT molecular complexity index is 946. The number of piperazine rings is 1. The molecule has 1 fully saturated rings. The first-order chi connectivity index (χ1) is 12.8. The van der Waals surface area contributed by atoms with E-state index < -0.39 is 0 Å². The Morgan fingerprint density at radius 3 is 2.81 bits per heavy atom. The number of hydrogen-bond acceptors (Lipinski definition) is 5. The van der Waals surface area contributed by atoms with Crippen LogP contribution in [0.15, 0.2) is 30.6 Å². The fourth-order valence-corrected chi connectivity index (χ4v) is 5.60. The van der Waals surface area contributed by atoms with E-state index in [1.165, 1.54) is 45.5 Å². The number of hydrogen-bond donors (Lipinski definition) is 0. The number of aromatic nitrogens is 2. The van der Waals surface area contributed by atoms with Crippen LogP contribution in [0.3, 0.4) is 0 Å². The van der Waals surface area contributed by atoms with Crippen LogP contribution in [0.5, 0.6) is 0 Å². The number of halogens is 1. The van der Waals surface area contributed by atoms with Crippen molar-refractivity contribution in [1.82, 2.24) is 14.9 Å². The smallest absolute Gasteiger partial charge is 0.141 e. The van der Waals surface area contributed by atoms with Crippen LogP contribution in [0.25, 0.3) is 10.2 Å². The average molecular weight is 385 g/mol. The van der Waals surface area contributed by atoms with Gasteiger partial charge in [0.2, 0.25) is 0 Å². The molecule has 1 aromatic carbocycles. The molecule has 1 aliphatic carbocycles. The first kappa shape index (κ1) is 16.5. The summed E-state index contributed by atoms with van der Waals surface area (Å²) in [6.45, 7) is 5.07. The third-order valence-electron chi connectivity index (χ3n) is 5.45. The average Bonchev–Trinajstić information content (AvgIpc) is 3.23. The van der Waals surface area contributed by atoms with E-state index in [-0.39, 0.29) is 0 Å². The summed E-state index contributed by atoms with van der Waals surface area (Å²) in [4.78, 5) is 16.9. The van der Waals surface area contributed by atoms with Gasteiger partial charge in [-0.15, -0.1) is 11.3 Å². The number of rotatable bonds is 3. The van der Waals surface area contributed by atoms with Crippen molar-refractivity contribution in [3.63, 3.8) is 0 Å². The molecular formula is C20H21ClN4S. The highest BCUT2D eigenvalue weighted by Crippen LogP contribution is 2.40. The van der Waals surface area contributed by atoms with Crippen molar-refractivity contribution in [1.29, 1.82) is 0 Å². The van der Waals surface area contributed by atoms with Crippen molar-refractivity contribution in [2.45, 2.75) is 25.8 Å². The number of anilines is 1. The molecule has 2 aromatic heterocycles. The van der Waals surface area contributed by atoms with Crippen molar-refractivity contribution >= 4 is 39.0 Å². The van der Waals surface area contributed by atoms with Crippen LogP contribution in [-0.4, -0.2) is 41.0 Å². The Labute approximate surface area is 162 Å². The minimum Gasteiger partial charge on any atom is -0.353 e. The number of aryl methyl sites for hydroxylation is 2. The Morgan fingerprint density at radius 1 is 1.08 bits per heavy atom. The van der Waals surface area contributed by atoms with Crippen molar-refractivity contribution in [2.24, 2.45) is 0 Å². The molecule has 134 valence electrons. The molecule has 0 N–H and O–H groups in total. The van der Waals surface area contributed by atoms with Gasteiger partial charge < -0.3 is 4.90 Å². The van der Waals surface area contributed by atoms with E-state index in [4.69, 9.17) is 11.6 Å². The molecule has 0 spiro atoms. The van der Waals surface area contributed by atoms with Crippen molar-refractivity contribution in [3.05, 3.63) is 51.6 Å². The zero-order chi connectivity index (χ0) is 17.5. The highest BCUT2D eigenvalue weighted by molar-refractivity contribution is 7.19. The third-order valence-corrected chi connectivity index (χ3v) is 6.88. The molecule has 3 heterocycles. The summed E-state index contributed by atoms with van der Waals surface area (Å²) >= 11 is 7.98. The normalized spacial score (nSPS) is 17.8. The number of benzene rings is 1. The summed E-state index contributed by atoms with van der Waals surface area (Å²) in [5.41, 5.74) is 2.80. The largest absolute Gasteiger partial charge is 0.353 e. The van der Waals surface area contributed by atoms with Crippen molar-refractivity contribution < 1.29 is 0 Å². The first-order valence-corrected chi connectivity index (χ1v) is 10.4. The van der Waals surface area contributed by atoms with Gasteiger partial charge >= 0.3 is 0 Å². The van der Waals surface area contributed by atoms with Crippen molar-refractivity contribution in [3.8, 4) is 0 Å². The van der Waals surface area contributed by atoms with Crippen molar-refractivity contribution in [2.75, 3.05) is 31.1 Å². The minimum absolute atomic E-state index is 0.816. The monoisotopic (exact) mass is 384 g/mol.